The minimum atomic E-state index is -0.171. The number of aromatic nitrogens is 2. The SMILES string of the molecule is CCCC1CN(c2nc(Nc3ccc(C4CCCCC4)cc3)c(C)c(C(=O)NC(C)C)n2)CCO1. The van der Waals surface area contributed by atoms with Crippen LogP contribution in [0.2, 0.25) is 0 Å². The number of nitrogens with zero attached hydrogens (tertiary/aromatic N) is 3. The smallest absolute Gasteiger partial charge is 0.270 e. The van der Waals surface area contributed by atoms with Crippen LogP contribution >= 0.6 is 0 Å². The number of ether oxygens (including phenoxy) is 1. The van der Waals surface area contributed by atoms with Crippen LogP contribution in [0.5, 0.6) is 0 Å². The standard InChI is InChI=1S/C28H41N5O2/c1-5-9-24-18-33(16-17-35-24)28-31-25(27(34)29-19(2)3)20(4)26(32-28)30-23-14-12-22(13-15-23)21-10-7-6-8-11-21/h12-15,19,21,24H,5-11,16-18H2,1-4H3,(H,29,34)(H,30,31,32). The predicted molar refractivity (Wildman–Crippen MR) is 142 cm³/mol. The molecule has 1 aliphatic carbocycles. The van der Waals surface area contributed by atoms with Gasteiger partial charge in [-0.1, -0.05) is 44.7 Å². The zero-order valence-electron chi connectivity index (χ0n) is 21.8. The minimum Gasteiger partial charge on any atom is -0.375 e. The summed E-state index contributed by atoms with van der Waals surface area (Å²) in [6.45, 7) is 10.1. The van der Waals surface area contributed by atoms with Crippen LogP contribution in [0.1, 0.15) is 93.3 Å². The van der Waals surface area contributed by atoms with Gasteiger partial charge in [-0.15, -0.1) is 0 Å². The summed E-state index contributed by atoms with van der Waals surface area (Å²) in [6, 6.07) is 8.76. The van der Waals surface area contributed by atoms with Gasteiger partial charge >= 0.3 is 0 Å². The van der Waals surface area contributed by atoms with Crippen molar-refractivity contribution in [3.63, 3.8) is 0 Å². The second kappa shape index (κ2) is 11.8. The van der Waals surface area contributed by atoms with Crippen molar-refractivity contribution >= 4 is 23.4 Å². The highest BCUT2D eigenvalue weighted by Crippen LogP contribution is 2.33. The molecule has 1 aromatic carbocycles. The second-order valence-electron chi connectivity index (χ2n) is 10.3. The predicted octanol–water partition coefficient (Wildman–Crippen LogP) is 5.72. The average Bonchev–Trinajstić information content (AvgIpc) is 2.86. The number of nitrogens with one attached hydrogen (secondary N) is 2. The van der Waals surface area contributed by atoms with Crippen molar-refractivity contribution in [3.05, 3.63) is 41.1 Å². The summed E-state index contributed by atoms with van der Waals surface area (Å²) in [6.07, 6.45) is 8.82. The lowest BCUT2D eigenvalue weighted by molar-refractivity contribution is 0.0343. The third kappa shape index (κ3) is 6.51. The van der Waals surface area contributed by atoms with Crippen molar-refractivity contribution in [1.82, 2.24) is 15.3 Å². The maximum Gasteiger partial charge on any atom is 0.270 e. The highest BCUT2D eigenvalue weighted by molar-refractivity contribution is 5.95. The van der Waals surface area contributed by atoms with E-state index in [1.807, 2.05) is 20.8 Å². The van der Waals surface area contributed by atoms with E-state index in [2.05, 4.69) is 46.7 Å². The first kappa shape index (κ1) is 25.4. The fourth-order valence-corrected chi connectivity index (χ4v) is 5.13. The van der Waals surface area contributed by atoms with Crippen molar-refractivity contribution in [2.24, 2.45) is 0 Å². The van der Waals surface area contributed by atoms with Crippen LogP contribution in [-0.2, 0) is 4.74 Å². The van der Waals surface area contributed by atoms with Gasteiger partial charge in [-0.05, 0) is 63.6 Å². The van der Waals surface area contributed by atoms with Crippen LogP contribution in [-0.4, -0.2) is 47.7 Å². The Bertz CT molecular complexity index is 984. The molecule has 0 bridgehead atoms. The molecular formula is C28H41N5O2. The molecule has 1 amide bonds. The molecule has 1 saturated carbocycles. The van der Waals surface area contributed by atoms with Crippen LogP contribution in [0, 0.1) is 6.92 Å². The molecule has 1 atom stereocenters. The Labute approximate surface area is 210 Å². The summed E-state index contributed by atoms with van der Waals surface area (Å²) in [5, 5.41) is 6.47. The second-order valence-corrected chi connectivity index (χ2v) is 10.3. The van der Waals surface area contributed by atoms with Crippen LogP contribution in [0.25, 0.3) is 0 Å². The van der Waals surface area contributed by atoms with Gasteiger partial charge in [-0.2, -0.15) is 4.98 Å². The number of hydrogen-bond donors (Lipinski definition) is 2. The van der Waals surface area contributed by atoms with Crippen molar-refractivity contribution in [2.75, 3.05) is 29.9 Å². The number of hydrogen-bond acceptors (Lipinski definition) is 6. The van der Waals surface area contributed by atoms with E-state index in [1.54, 1.807) is 0 Å². The summed E-state index contributed by atoms with van der Waals surface area (Å²) in [5.74, 6) is 1.76. The molecular weight excluding hydrogens is 438 g/mol. The van der Waals surface area contributed by atoms with Crippen LogP contribution in [0.4, 0.5) is 17.5 Å². The van der Waals surface area contributed by atoms with Gasteiger partial charge in [-0.25, -0.2) is 4.98 Å². The molecule has 0 radical (unpaired) electrons. The monoisotopic (exact) mass is 479 g/mol. The van der Waals surface area contributed by atoms with E-state index < -0.39 is 0 Å². The van der Waals surface area contributed by atoms with Gasteiger partial charge < -0.3 is 20.3 Å². The zero-order valence-corrected chi connectivity index (χ0v) is 21.8. The molecule has 2 N–H and O–H groups in total. The number of benzene rings is 1. The van der Waals surface area contributed by atoms with Gasteiger partial charge in [0.25, 0.3) is 5.91 Å². The molecule has 1 unspecified atom stereocenters. The maximum absolute atomic E-state index is 13.0. The number of morpholine rings is 1. The first-order valence-electron chi connectivity index (χ1n) is 13.4. The van der Waals surface area contributed by atoms with E-state index >= 15 is 0 Å². The Hall–Kier alpha value is -2.67. The van der Waals surface area contributed by atoms with Crippen molar-refractivity contribution in [1.29, 1.82) is 0 Å². The van der Waals surface area contributed by atoms with Crippen LogP contribution < -0.4 is 15.5 Å². The summed E-state index contributed by atoms with van der Waals surface area (Å²) in [4.78, 5) is 24.8. The third-order valence-corrected chi connectivity index (χ3v) is 7.05. The molecule has 190 valence electrons. The fraction of sp³-hybridized carbons (Fsp3) is 0.607. The number of carbonyl (C=O) groups is 1. The highest BCUT2D eigenvalue weighted by atomic mass is 16.5. The Morgan fingerprint density at radius 1 is 1.14 bits per heavy atom. The van der Waals surface area contributed by atoms with Gasteiger partial charge in [0.1, 0.15) is 11.5 Å². The van der Waals surface area contributed by atoms with Crippen molar-refractivity contribution in [2.45, 2.75) is 90.7 Å². The van der Waals surface area contributed by atoms with E-state index in [1.165, 1.54) is 37.7 Å². The summed E-state index contributed by atoms with van der Waals surface area (Å²) in [7, 11) is 0. The normalized spacial score (nSPS) is 19.1. The molecule has 2 heterocycles. The van der Waals surface area contributed by atoms with Crippen molar-refractivity contribution in [3.8, 4) is 0 Å². The number of amides is 1. The minimum absolute atomic E-state index is 0.0291. The van der Waals surface area contributed by atoms with Crippen molar-refractivity contribution < 1.29 is 9.53 Å². The summed E-state index contributed by atoms with van der Waals surface area (Å²) < 4.78 is 5.92. The maximum atomic E-state index is 13.0. The topological polar surface area (TPSA) is 79.4 Å². The van der Waals surface area contributed by atoms with Crippen LogP contribution in [0.15, 0.2) is 24.3 Å². The fourth-order valence-electron chi connectivity index (χ4n) is 5.13. The third-order valence-electron chi connectivity index (χ3n) is 7.05. The van der Waals surface area contributed by atoms with Gasteiger partial charge in [0.2, 0.25) is 5.95 Å². The first-order valence-corrected chi connectivity index (χ1v) is 13.4. The Morgan fingerprint density at radius 2 is 1.89 bits per heavy atom. The lowest BCUT2D eigenvalue weighted by Crippen LogP contribution is -2.43. The molecule has 1 aliphatic heterocycles. The number of anilines is 3. The molecule has 4 rings (SSSR count). The van der Waals surface area contributed by atoms with Gasteiger partial charge in [0, 0.05) is 30.4 Å². The summed E-state index contributed by atoms with van der Waals surface area (Å²) >= 11 is 0. The Kier molecular flexibility index (Phi) is 8.60. The summed E-state index contributed by atoms with van der Waals surface area (Å²) in [5.41, 5.74) is 3.56. The van der Waals surface area contributed by atoms with E-state index in [9.17, 15) is 4.79 Å². The largest absolute Gasteiger partial charge is 0.375 e. The number of rotatable bonds is 8. The lowest BCUT2D eigenvalue weighted by Gasteiger charge is -2.33. The lowest BCUT2D eigenvalue weighted by atomic mass is 9.84. The van der Waals surface area contributed by atoms with Gasteiger partial charge in [-0.3, -0.25) is 4.79 Å². The molecule has 2 fully saturated rings. The van der Waals surface area contributed by atoms with E-state index in [-0.39, 0.29) is 18.1 Å². The molecule has 35 heavy (non-hydrogen) atoms. The molecule has 1 aromatic heterocycles. The highest BCUT2D eigenvalue weighted by Gasteiger charge is 2.25. The molecule has 1 saturated heterocycles. The molecule has 2 aromatic rings. The van der Waals surface area contributed by atoms with Gasteiger partial charge in [0.05, 0.1) is 12.7 Å². The van der Waals surface area contributed by atoms with E-state index in [0.717, 1.165) is 30.6 Å². The molecule has 7 heteroatoms. The van der Waals surface area contributed by atoms with E-state index in [4.69, 9.17) is 14.7 Å². The molecule has 2 aliphatic rings. The zero-order chi connectivity index (χ0) is 24.8. The molecule has 0 spiro atoms. The molecule has 7 nitrogen and oxygen atoms in total. The first-order chi connectivity index (χ1) is 16.9. The Morgan fingerprint density at radius 3 is 2.57 bits per heavy atom. The quantitative estimate of drug-likeness (QED) is 0.504. The van der Waals surface area contributed by atoms with E-state index in [0.29, 0.717) is 36.5 Å². The van der Waals surface area contributed by atoms with Crippen LogP contribution in [0.3, 0.4) is 0 Å². The Balaban J connectivity index is 1.60. The number of carbonyl (C=O) groups excluding carboxylic acids is 1. The van der Waals surface area contributed by atoms with Gasteiger partial charge in [0.15, 0.2) is 0 Å². The average molecular weight is 480 g/mol.